The summed E-state index contributed by atoms with van der Waals surface area (Å²) in [6, 6.07) is 0. The molecule has 15 nitrogen and oxygen atoms in total. The molecule has 0 heterocycles. The van der Waals surface area contributed by atoms with Crippen molar-refractivity contribution in [3.05, 3.63) is 46.0 Å². The van der Waals surface area contributed by atoms with Crippen molar-refractivity contribution in [3.63, 3.8) is 0 Å². The lowest BCUT2D eigenvalue weighted by atomic mass is 10.4. The quantitative estimate of drug-likeness (QED) is 0.378. The van der Waals surface area contributed by atoms with Crippen molar-refractivity contribution in [2.45, 2.75) is 13.5 Å². The van der Waals surface area contributed by atoms with Gasteiger partial charge in [-0.25, -0.2) is 0 Å². The van der Waals surface area contributed by atoms with Crippen molar-refractivity contribution >= 4 is 0 Å². The summed E-state index contributed by atoms with van der Waals surface area (Å²) in [4.78, 5) is 24.8. The maximum absolute atomic E-state index is 8.25. The summed E-state index contributed by atoms with van der Waals surface area (Å²) in [5, 5.41) is 68.3. The van der Waals surface area contributed by atoms with Crippen molar-refractivity contribution in [3.8, 4) is 0 Å². The van der Waals surface area contributed by atoms with Crippen LogP contribution in [0.2, 0.25) is 0 Å². The van der Waals surface area contributed by atoms with E-state index in [1.165, 1.54) is 0 Å². The van der Waals surface area contributed by atoms with Crippen LogP contribution in [-0.2, 0) is 0 Å². The Morgan fingerprint density at radius 3 is 0.842 bits per heavy atom. The number of hydrogen-bond acceptors (Lipinski definition) is 12. The van der Waals surface area contributed by atoms with Gasteiger partial charge < -0.3 is 61.3 Å². The van der Waals surface area contributed by atoms with Gasteiger partial charge in [0.25, 0.3) is 0 Å². The second kappa shape index (κ2) is 24.6. The van der Waals surface area contributed by atoms with Crippen molar-refractivity contribution in [2.75, 3.05) is 13.2 Å². The van der Waals surface area contributed by atoms with Crippen LogP contribution in [0.15, 0.2) is 0 Å². The summed E-state index contributed by atoms with van der Waals surface area (Å²) in [6.07, 6.45) is -0.954. The van der Waals surface area contributed by atoms with Gasteiger partial charge in [0.15, 0.2) is 0 Å². The molecule has 0 atom stereocenters. The van der Waals surface area contributed by atoms with E-state index in [0.29, 0.717) is 0 Å². The van der Waals surface area contributed by atoms with Crippen LogP contribution < -0.4 is 0 Å². The van der Waals surface area contributed by atoms with Gasteiger partial charge in [-0.05, 0) is 0 Å². The molecule has 0 aromatic heterocycles. The first kappa shape index (κ1) is 30.0. The van der Waals surface area contributed by atoms with Gasteiger partial charge in [0.05, 0.1) is 28.5 Å². The molecule has 19 heavy (non-hydrogen) atoms. The molecule has 0 spiro atoms. The second-order valence-electron chi connectivity index (χ2n) is 1.69. The number of hydrogen-bond donors (Lipinski definition) is 3. The molecule has 0 saturated carbocycles. The molecule has 0 saturated heterocycles. The molecule has 118 valence electrons. The first-order valence-electron chi connectivity index (χ1n) is 3.35. The van der Waals surface area contributed by atoms with Gasteiger partial charge in [-0.15, -0.1) is 0 Å². The molecule has 15 heteroatoms. The van der Waals surface area contributed by atoms with Gasteiger partial charge >= 0.3 is 0 Å². The molecule has 0 aliphatic carbocycles. The highest BCUT2D eigenvalue weighted by Gasteiger charge is 1.93. The number of aliphatic hydroxyl groups is 3. The minimum absolute atomic E-state index is 0. The Morgan fingerprint density at radius 1 is 0.737 bits per heavy atom. The van der Waals surface area contributed by atoms with Crippen LogP contribution in [-0.4, -0.2) is 49.9 Å². The predicted molar refractivity (Wildman–Crippen MR) is 58.0 cm³/mol. The third-order valence-electron chi connectivity index (χ3n) is 0.421. The molecule has 0 aliphatic rings. The lowest BCUT2D eigenvalue weighted by Crippen LogP contribution is -2.15. The zero-order valence-corrected chi connectivity index (χ0v) is 8.35. The fourth-order valence-electron chi connectivity index (χ4n) is 0.0577. The highest BCUT2D eigenvalue weighted by molar-refractivity contribution is 4.44. The van der Waals surface area contributed by atoms with Gasteiger partial charge in [0, 0.05) is 0 Å². The average Bonchev–Trinajstić information content (AvgIpc) is 2.13. The normalized spacial score (nSPS) is 6.95. The molecular formula is C4H12N3O12-3. The lowest BCUT2D eigenvalue weighted by Gasteiger charge is -1.96. The molecule has 0 radical (unpaired) electrons. The Labute approximate surface area is 104 Å². The van der Waals surface area contributed by atoms with E-state index in [2.05, 4.69) is 0 Å². The standard InChI is InChI=1S/C3H8O3.CH4.3NO3/c4-1-3(6)2-5;;3*2-1(3)4/h3-6H,1-2H2;1H4;;;/q;;3*-1. The highest BCUT2D eigenvalue weighted by atomic mass is 16.9. The van der Waals surface area contributed by atoms with E-state index in [1.54, 1.807) is 0 Å². The fraction of sp³-hybridized carbons (Fsp3) is 1.00. The molecule has 0 amide bonds. The maximum Gasteiger partial charge on any atom is 0.100 e. The monoisotopic (exact) mass is 294 g/mol. The summed E-state index contributed by atoms with van der Waals surface area (Å²) in [7, 11) is 0. The van der Waals surface area contributed by atoms with E-state index in [9.17, 15) is 0 Å². The Bertz CT molecular complexity index is 176. The van der Waals surface area contributed by atoms with E-state index in [-0.39, 0.29) is 20.6 Å². The largest absolute Gasteiger partial charge is 0.394 e. The first-order chi connectivity index (χ1) is 8.00. The molecule has 0 unspecified atom stereocenters. The minimum atomic E-state index is -1.75. The summed E-state index contributed by atoms with van der Waals surface area (Å²) in [5.74, 6) is 0. The molecule has 0 aromatic carbocycles. The van der Waals surface area contributed by atoms with Crippen LogP contribution in [0, 0.1) is 46.0 Å². The van der Waals surface area contributed by atoms with E-state index >= 15 is 0 Å². The molecule has 0 aromatic rings. The van der Waals surface area contributed by atoms with Crippen LogP contribution in [0.4, 0.5) is 0 Å². The fourth-order valence-corrected chi connectivity index (χ4v) is 0.0577. The molecular weight excluding hydrogens is 282 g/mol. The van der Waals surface area contributed by atoms with Crippen molar-refractivity contribution in [1.29, 1.82) is 0 Å². The second-order valence-corrected chi connectivity index (χ2v) is 1.69. The Morgan fingerprint density at radius 2 is 0.842 bits per heavy atom. The zero-order chi connectivity index (χ0) is 15.7. The third kappa shape index (κ3) is 1280. The van der Waals surface area contributed by atoms with Crippen molar-refractivity contribution in [2.24, 2.45) is 0 Å². The van der Waals surface area contributed by atoms with Gasteiger partial charge in [0.1, 0.15) is 6.10 Å². The summed E-state index contributed by atoms with van der Waals surface area (Å²) in [5.41, 5.74) is 0. The molecule has 0 bridgehead atoms. The van der Waals surface area contributed by atoms with Gasteiger partial charge in [0.2, 0.25) is 0 Å². The van der Waals surface area contributed by atoms with Crippen LogP contribution in [0.5, 0.6) is 0 Å². The molecule has 0 aliphatic heterocycles. The Kier molecular flexibility index (Phi) is 38.8. The average molecular weight is 294 g/mol. The Balaban J connectivity index is -0.0000000459. The zero-order valence-electron chi connectivity index (χ0n) is 8.35. The number of nitrogens with zero attached hydrogens (tertiary/aromatic N) is 3. The summed E-state index contributed by atoms with van der Waals surface area (Å²) < 4.78 is 0. The van der Waals surface area contributed by atoms with E-state index in [4.69, 9.17) is 61.3 Å². The molecule has 0 rings (SSSR count). The van der Waals surface area contributed by atoms with Gasteiger partial charge in [-0.3, -0.25) is 0 Å². The first-order valence-corrected chi connectivity index (χ1v) is 3.35. The third-order valence-corrected chi connectivity index (χ3v) is 0.421. The van der Waals surface area contributed by atoms with Crippen LogP contribution in [0.3, 0.4) is 0 Å². The SMILES string of the molecule is C.O=[N+]([O-])[O-].O=[N+]([O-])[O-].O=[N+]([O-])[O-].OCC(O)CO. The Hall–Kier alpha value is -2.52. The maximum atomic E-state index is 8.25. The lowest BCUT2D eigenvalue weighted by molar-refractivity contribution is -0.403. The van der Waals surface area contributed by atoms with Crippen molar-refractivity contribution in [1.82, 2.24) is 0 Å². The van der Waals surface area contributed by atoms with Gasteiger partial charge in [-0.2, -0.15) is 0 Å². The summed E-state index contributed by atoms with van der Waals surface area (Å²) in [6.45, 7) is -0.729. The minimum Gasteiger partial charge on any atom is -0.394 e. The van der Waals surface area contributed by atoms with E-state index in [1.807, 2.05) is 0 Å². The van der Waals surface area contributed by atoms with E-state index < -0.39 is 21.4 Å². The van der Waals surface area contributed by atoms with Gasteiger partial charge in [-0.1, -0.05) is 7.43 Å². The molecule has 0 fully saturated rings. The number of rotatable bonds is 2. The summed E-state index contributed by atoms with van der Waals surface area (Å²) >= 11 is 0. The predicted octanol–water partition coefficient (Wildman–Crippen LogP) is -1.75. The topological polar surface area (TPSA) is 259 Å². The smallest absolute Gasteiger partial charge is 0.100 e. The molecule has 3 N–H and O–H groups in total. The van der Waals surface area contributed by atoms with Crippen LogP contribution >= 0.6 is 0 Å². The number of aliphatic hydroxyl groups excluding tert-OH is 3. The van der Waals surface area contributed by atoms with E-state index in [0.717, 1.165) is 0 Å². The van der Waals surface area contributed by atoms with Crippen LogP contribution in [0.1, 0.15) is 7.43 Å². The van der Waals surface area contributed by atoms with Crippen molar-refractivity contribution < 1.29 is 30.6 Å². The van der Waals surface area contributed by atoms with Crippen LogP contribution in [0.25, 0.3) is 0 Å². The highest BCUT2D eigenvalue weighted by Crippen LogP contribution is 1.71.